The number of nitrogens with one attached hydrogen (secondary N) is 2. The average molecular weight is 379 g/mol. The molecule has 1 amide bonds. The molecule has 1 saturated heterocycles. The van der Waals surface area contributed by atoms with E-state index in [1.54, 1.807) is 0 Å². The highest BCUT2D eigenvalue weighted by Gasteiger charge is 2.19. The van der Waals surface area contributed by atoms with E-state index in [2.05, 4.69) is 10.3 Å². The maximum Gasteiger partial charge on any atom is 0.225 e. The number of carbonyl (C=O) groups is 1. The van der Waals surface area contributed by atoms with Gasteiger partial charge in [0.25, 0.3) is 0 Å². The summed E-state index contributed by atoms with van der Waals surface area (Å²) in [7, 11) is 0. The molecule has 2 aromatic rings. The zero-order valence-corrected chi connectivity index (χ0v) is 16.0. The van der Waals surface area contributed by atoms with Gasteiger partial charge in [-0.25, -0.2) is 0 Å². The van der Waals surface area contributed by atoms with E-state index >= 15 is 0 Å². The lowest BCUT2D eigenvalue weighted by molar-refractivity contribution is -0.120. The number of rotatable bonds is 6. The van der Waals surface area contributed by atoms with Gasteiger partial charge >= 0.3 is 0 Å². The van der Waals surface area contributed by atoms with Crippen molar-refractivity contribution in [3.05, 3.63) is 43.9 Å². The molecule has 134 valence electrons. The van der Waals surface area contributed by atoms with Crippen LogP contribution in [0.3, 0.4) is 0 Å². The molecule has 0 radical (unpaired) electrons. The third-order valence-corrected chi connectivity index (χ3v) is 5.46. The average Bonchev–Trinajstić information content (AvgIpc) is 3.16. The largest absolute Gasteiger partial charge is 0.488 e. The second kappa shape index (κ2) is 8.12. The predicted octanol–water partition coefficient (Wildman–Crippen LogP) is 3.45. The summed E-state index contributed by atoms with van der Waals surface area (Å²) in [5.41, 5.74) is 3.07. The SMILES string of the molecule is Cc1ccc(CNC(=O)Cc2sc(=S)[nH]c2C)c(O[C@H]2CCOC2)c1. The van der Waals surface area contributed by atoms with Crippen molar-refractivity contribution >= 4 is 29.5 Å². The molecule has 0 spiro atoms. The van der Waals surface area contributed by atoms with Gasteiger partial charge in [0, 0.05) is 29.1 Å². The summed E-state index contributed by atoms with van der Waals surface area (Å²) in [5, 5.41) is 2.98. The standard InChI is InChI=1S/C18H22N2O3S2/c1-11-3-4-13(15(7-11)23-14-5-6-22-10-14)9-19-17(21)8-16-12(2)20-18(24)25-16/h3-4,7,14H,5-6,8-10H2,1-2H3,(H,19,21)(H,20,24)/t14-/m0/s1. The molecule has 2 N–H and O–H groups in total. The van der Waals surface area contributed by atoms with Crippen LogP contribution in [0.2, 0.25) is 0 Å². The first kappa shape index (κ1) is 18.1. The van der Waals surface area contributed by atoms with Crippen molar-refractivity contribution in [2.45, 2.75) is 39.3 Å². The maximum absolute atomic E-state index is 12.3. The smallest absolute Gasteiger partial charge is 0.225 e. The van der Waals surface area contributed by atoms with Gasteiger partial charge < -0.3 is 19.8 Å². The highest BCUT2D eigenvalue weighted by Crippen LogP contribution is 2.24. The Kier molecular flexibility index (Phi) is 5.88. The predicted molar refractivity (Wildman–Crippen MR) is 101 cm³/mol. The number of thiazole rings is 1. The molecule has 5 nitrogen and oxygen atoms in total. The summed E-state index contributed by atoms with van der Waals surface area (Å²) in [5.74, 6) is 0.799. The summed E-state index contributed by atoms with van der Waals surface area (Å²) >= 11 is 6.57. The minimum atomic E-state index is -0.0240. The van der Waals surface area contributed by atoms with E-state index in [0.29, 0.717) is 23.5 Å². The summed E-state index contributed by atoms with van der Waals surface area (Å²) in [6.45, 7) is 5.77. The van der Waals surface area contributed by atoms with Crippen LogP contribution in [-0.4, -0.2) is 30.2 Å². The molecule has 1 fully saturated rings. The summed E-state index contributed by atoms with van der Waals surface area (Å²) in [6, 6.07) is 6.05. The van der Waals surface area contributed by atoms with Crippen LogP contribution in [0.5, 0.6) is 5.75 Å². The van der Waals surface area contributed by atoms with Crippen molar-refractivity contribution in [2.24, 2.45) is 0 Å². The Balaban J connectivity index is 1.62. The van der Waals surface area contributed by atoms with Gasteiger partial charge in [-0.05, 0) is 37.7 Å². The number of amides is 1. The van der Waals surface area contributed by atoms with E-state index in [9.17, 15) is 4.79 Å². The van der Waals surface area contributed by atoms with Gasteiger partial charge in [0.15, 0.2) is 3.95 Å². The number of aromatic amines is 1. The van der Waals surface area contributed by atoms with Crippen LogP contribution in [0.25, 0.3) is 0 Å². The Bertz CT molecular complexity index is 807. The van der Waals surface area contributed by atoms with E-state index in [1.165, 1.54) is 11.3 Å². The van der Waals surface area contributed by atoms with Gasteiger partial charge in [0.05, 0.1) is 19.6 Å². The Labute approximate surface area is 156 Å². The van der Waals surface area contributed by atoms with Gasteiger partial charge in [0.1, 0.15) is 11.9 Å². The van der Waals surface area contributed by atoms with Gasteiger partial charge in [0.2, 0.25) is 5.91 Å². The molecule has 7 heteroatoms. The Morgan fingerprint density at radius 2 is 2.32 bits per heavy atom. The molecular weight excluding hydrogens is 356 g/mol. The first-order valence-corrected chi connectivity index (χ1v) is 9.53. The summed E-state index contributed by atoms with van der Waals surface area (Å²) in [6.07, 6.45) is 1.32. The third-order valence-electron chi connectivity index (χ3n) is 4.13. The normalized spacial score (nSPS) is 16.8. The molecule has 0 bridgehead atoms. The fourth-order valence-electron chi connectivity index (χ4n) is 2.71. The van der Waals surface area contributed by atoms with Crippen molar-refractivity contribution in [3.63, 3.8) is 0 Å². The van der Waals surface area contributed by atoms with Crippen molar-refractivity contribution in [3.8, 4) is 5.75 Å². The Morgan fingerprint density at radius 1 is 1.48 bits per heavy atom. The Morgan fingerprint density at radius 3 is 3.00 bits per heavy atom. The second-order valence-corrected chi connectivity index (χ2v) is 8.00. The zero-order chi connectivity index (χ0) is 17.8. The lowest BCUT2D eigenvalue weighted by Crippen LogP contribution is -2.25. The quantitative estimate of drug-likeness (QED) is 0.756. The van der Waals surface area contributed by atoms with E-state index in [4.69, 9.17) is 21.7 Å². The second-order valence-electron chi connectivity index (χ2n) is 6.23. The molecule has 0 unspecified atom stereocenters. The van der Waals surface area contributed by atoms with Crippen LogP contribution < -0.4 is 10.1 Å². The lowest BCUT2D eigenvalue weighted by atomic mass is 10.1. The molecule has 0 aliphatic carbocycles. The van der Waals surface area contributed by atoms with E-state index in [1.807, 2.05) is 32.0 Å². The molecule has 1 aliphatic rings. The molecule has 1 aromatic carbocycles. The van der Waals surface area contributed by atoms with E-state index in [0.717, 1.165) is 40.5 Å². The van der Waals surface area contributed by atoms with Gasteiger partial charge in [-0.15, -0.1) is 11.3 Å². The van der Waals surface area contributed by atoms with E-state index < -0.39 is 0 Å². The lowest BCUT2D eigenvalue weighted by Gasteiger charge is -2.16. The first-order valence-electron chi connectivity index (χ1n) is 8.30. The highest BCUT2D eigenvalue weighted by molar-refractivity contribution is 7.73. The summed E-state index contributed by atoms with van der Waals surface area (Å²) in [4.78, 5) is 16.3. The number of ether oxygens (including phenoxy) is 2. The topological polar surface area (TPSA) is 63.4 Å². The minimum Gasteiger partial charge on any atom is -0.488 e. The fourth-order valence-corrected chi connectivity index (χ4v) is 4.00. The minimum absolute atomic E-state index is 0.0240. The third kappa shape index (κ3) is 4.90. The zero-order valence-electron chi connectivity index (χ0n) is 14.4. The number of hydrogen-bond acceptors (Lipinski definition) is 5. The van der Waals surface area contributed by atoms with Crippen LogP contribution in [-0.2, 0) is 22.5 Å². The molecule has 2 heterocycles. The molecule has 1 aliphatic heterocycles. The van der Waals surface area contributed by atoms with Crippen molar-refractivity contribution in [2.75, 3.05) is 13.2 Å². The summed E-state index contributed by atoms with van der Waals surface area (Å²) < 4.78 is 12.1. The van der Waals surface area contributed by atoms with Gasteiger partial charge in [-0.1, -0.05) is 12.1 Å². The molecule has 3 rings (SSSR count). The molecule has 1 aromatic heterocycles. The number of carbonyl (C=O) groups excluding carboxylic acids is 1. The first-order chi connectivity index (χ1) is 12.0. The number of aromatic nitrogens is 1. The van der Waals surface area contributed by atoms with Crippen molar-refractivity contribution in [1.82, 2.24) is 10.3 Å². The van der Waals surface area contributed by atoms with Crippen LogP contribution in [0.15, 0.2) is 18.2 Å². The van der Waals surface area contributed by atoms with Crippen LogP contribution >= 0.6 is 23.6 Å². The van der Waals surface area contributed by atoms with Gasteiger partial charge in [-0.2, -0.15) is 0 Å². The van der Waals surface area contributed by atoms with Crippen molar-refractivity contribution in [1.29, 1.82) is 0 Å². The fraction of sp³-hybridized carbons (Fsp3) is 0.444. The van der Waals surface area contributed by atoms with E-state index in [-0.39, 0.29) is 12.0 Å². The number of H-pyrrole nitrogens is 1. The number of benzene rings is 1. The number of aryl methyl sites for hydroxylation is 2. The van der Waals surface area contributed by atoms with Crippen molar-refractivity contribution < 1.29 is 14.3 Å². The molecule has 0 saturated carbocycles. The molecular formula is C18H22N2O3S2. The number of hydrogen-bond donors (Lipinski definition) is 2. The maximum atomic E-state index is 12.3. The van der Waals surface area contributed by atoms with Crippen LogP contribution in [0.1, 0.15) is 28.1 Å². The molecule has 25 heavy (non-hydrogen) atoms. The van der Waals surface area contributed by atoms with Crippen LogP contribution in [0.4, 0.5) is 0 Å². The Hall–Kier alpha value is -1.70. The van der Waals surface area contributed by atoms with Crippen LogP contribution in [0, 0.1) is 17.8 Å². The van der Waals surface area contributed by atoms with Gasteiger partial charge in [-0.3, -0.25) is 4.79 Å². The monoisotopic (exact) mass is 378 g/mol. The molecule has 1 atom stereocenters. The highest BCUT2D eigenvalue weighted by atomic mass is 32.1.